The van der Waals surface area contributed by atoms with Crippen molar-refractivity contribution in [3.05, 3.63) is 12.7 Å². The molecule has 2 aromatic rings. The number of fused-ring (bicyclic) bond motifs is 2. The van der Waals surface area contributed by atoms with E-state index in [9.17, 15) is 0 Å². The number of nitrogens with two attached hydrogens (primary N) is 1. The number of nitrogens with zero attached hydrogens (tertiary/aromatic N) is 4. The number of ether oxygens (including phenoxy) is 3. The van der Waals surface area contributed by atoms with Crippen LogP contribution in [-0.2, 0) is 14.2 Å². The molecule has 9 heteroatoms. The summed E-state index contributed by atoms with van der Waals surface area (Å²) in [4.78, 5) is 12.5. The Hall–Kier alpha value is -1.81. The number of rotatable bonds is 4. The van der Waals surface area contributed by atoms with Gasteiger partial charge in [-0.05, 0) is 26.7 Å². The molecule has 2 aliphatic rings. The Labute approximate surface area is 138 Å². The number of hydrogen-bond acceptors (Lipinski definition) is 8. The van der Waals surface area contributed by atoms with Gasteiger partial charge in [0.1, 0.15) is 24.1 Å². The van der Waals surface area contributed by atoms with Crippen molar-refractivity contribution < 1.29 is 19.3 Å². The number of hydrogen-bond donors (Lipinski definition) is 2. The van der Waals surface area contributed by atoms with Gasteiger partial charge in [0, 0.05) is 6.61 Å². The highest BCUT2D eigenvalue weighted by Crippen LogP contribution is 2.44. The molecular formula is C15H21N5O4. The summed E-state index contributed by atoms with van der Waals surface area (Å²) in [5, 5.41) is 9.12. The van der Waals surface area contributed by atoms with Crippen molar-refractivity contribution in [2.45, 2.75) is 57.0 Å². The Morgan fingerprint density at radius 1 is 1.25 bits per heavy atom. The van der Waals surface area contributed by atoms with Crippen LogP contribution in [0.1, 0.15) is 32.9 Å². The lowest BCUT2D eigenvalue weighted by Gasteiger charge is -2.24. The number of anilines is 1. The van der Waals surface area contributed by atoms with Crippen molar-refractivity contribution in [1.29, 1.82) is 0 Å². The van der Waals surface area contributed by atoms with Crippen molar-refractivity contribution in [3.63, 3.8) is 0 Å². The first-order valence-corrected chi connectivity index (χ1v) is 8.05. The third kappa shape index (κ3) is 2.44. The van der Waals surface area contributed by atoms with Crippen LogP contribution in [0.4, 0.5) is 5.82 Å². The molecule has 0 saturated carbocycles. The second kappa shape index (κ2) is 5.62. The molecule has 3 N–H and O–H groups in total. The van der Waals surface area contributed by atoms with E-state index in [-0.39, 0.29) is 24.9 Å². The molecule has 0 spiro atoms. The molecule has 2 aromatic heterocycles. The molecule has 0 aliphatic carbocycles. The Morgan fingerprint density at radius 3 is 2.83 bits per heavy atom. The topological polar surface area (TPSA) is 118 Å². The van der Waals surface area contributed by atoms with Gasteiger partial charge in [0.05, 0.1) is 12.4 Å². The van der Waals surface area contributed by atoms with Crippen LogP contribution < -0.4 is 5.73 Å². The highest BCUT2D eigenvalue weighted by atomic mass is 16.8. The molecule has 9 nitrogen and oxygen atoms in total. The van der Waals surface area contributed by atoms with Gasteiger partial charge >= 0.3 is 0 Å². The largest absolute Gasteiger partial charge is 0.396 e. The van der Waals surface area contributed by atoms with E-state index in [1.807, 2.05) is 18.4 Å². The predicted molar refractivity (Wildman–Crippen MR) is 83.8 cm³/mol. The Morgan fingerprint density at radius 2 is 2.04 bits per heavy atom. The maximum absolute atomic E-state index is 9.12. The minimum Gasteiger partial charge on any atom is -0.396 e. The van der Waals surface area contributed by atoms with Gasteiger partial charge in [0.2, 0.25) is 0 Å². The summed E-state index contributed by atoms with van der Waals surface area (Å²) in [5.74, 6) is -0.354. The second-order valence-electron chi connectivity index (χ2n) is 6.58. The average molecular weight is 335 g/mol. The summed E-state index contributed by atoms with van der Waals surface area (Å²) in [5.41, 5.74) is 7.00. The van der Waals surface area contributed by atoms with Crippen LogP contribution in [-0.4, -0.2) is 55.3 Å². The molecular weight excluding hydrogens is 314 g/mol. The zero-order valence-corrected chi connectivity index (χ0v) is 13.6. The average Bonchev–Trinajstić information content (AvgIpc) is 3.17. The van der Waals surface area contributed by atoms with Crippen LogP contribution in [0.25, 0.3) is 11.2 Å². The van der Waals surface area contributed by atoms with Crippen LogP contribution >= 0.6 is 0 Å². The van der Waals surface area contributed by atoms with Crippen LogP contribution in [0.3, 0.4) is 0 Å². The number of aromatic nitrogens is 4. The molecule has 0 bridgehead atoms. The summed E-state index contributed by atoms with van der Waals surface area (Å²) in [6, 6.07) is 0. The molecule has 0 amide bonds. The number of nitrogen functional groups attached to an aromatic ring is 1. The normalized spacial score (nSPS) is 31.6. The van der Waals surface area contributed by atoms with Crippen LogP contribution in [0.5, 0.6) is 0 Å². The predicted octanol–water partition coefficient (Wildman–Crippen LogP) is 0.598. The van der Waals surface area contributed by atoms with Crippen LogP contribution in [0, 0.1) is 0 Å². The number of aliphatic hydroxyl groups is 1. The molecule has 4 atom stereocenters. The molecule has 4 heterocycles. The van der Waals surface area contributed by atoms with Crippen molar-refractivity contribution in [2.75, 3.05) is 12.3 Å². The molecule has 0 radical (unpaired) electrons. The van der Waals surface area contributed by atoms with Crippen LogP contribution in [0.2, 0.25) is 0 Å². The first-order valence-electron chi connectivity index (χ1n) is 8.05. The van der Waals surface area contributed by atoms with Crippen molar-refractivity contribution in [1.82, 2.24) is 19.5 Å². The standard InChI is InChI=1S/C15H21N5O4/c1-15(2)23-10-8(4-3-5-21)22-14(11(10)24-15)20-7-19-9-12(16)17-6-18-13(9)20/h6-8,10-11,14,21H,3-5H2,1-2H3,(H2,16,17,18)/t8-,10-,11-,14-/m1/s1. The van der Waals surface area contributed by atoms with E-state index < -0.39 is 12.0 Å². The quantitative estimate of drug-likeness (QED) is 0.834. The minimum atomic E-state index is -0.681. The first-order chi connectivity index (χ1) is 11.5. The molecule has 4 rings (SSSR count). The maximum atomic E-state index is 9.12. The fourth-order valence-corrected chi connectivity index (χ4v) is 3.46. The second-order valence-corrected chi connectivity index (χ2v) is 6.58. The lowest BCUT2D eigenvalue weighted by Crippen LogP contribution is -2.29. The number of imidazole rings is 1. The molecule has 2 saturated heterocycles. The summed E-state index contributed by atoms with van der Waals surface area (Å²) in [6.07, 6.45) is 3.32. The van der Waals surface area contributed by atoms with Gasteiger partial charge in [-0.15, -0.1) is 0 Å². The zero-order chi connectivity index (χ0) is 16.9. The van der Waals surface area contributed by atoms with Gasteiger partial charge in [-0.1, -0.05) is 0 Å². The smallest absolute Gasteiger partial charge is 0.167 e. The van der Waals surface area contributed by atoms with E-state index in [2.05, 4.69) is 15.0 Å². The third-order valence-electron chi connectivity index (χ3n) is 4.43. The lowest BCUT2D eigenvalue weighted by atomic mass is 10.1. The Bertz CT molecular complexity index is 749. The van der Waals surface area contributed by atoms with Crippen LogP contribution in [0.15, 0.2) is 12.7 Å². The Balaban J connectivity index is 1.70. The van der Waals surface area contributed by atoms with Crippen molar-refractivity contribution in [3.8, 4) is 0 Å². The summed E-state index contributed by atoms with van der Waals surface area (Å²) in [7, 11) is 0. The fourth-order valence-electron chi connectivity index (χ4n) is 3.46. The van der Waals surface area contributed by atoms with E-state index in [4.69, 9.17) is 25.1 Å². The molecule has 2 fully saturated rings. The molecule has 130 valence electrons. The molecule has 2 aliphatic heterocycles. The van der Waals surface area contributed by atoms with Gasteiger partial charge in [0.15, 0.2) is 23.5 Å². The van der Waals surface area contributed by atoms with Crippen molar-refractivity contribution in [2.24, 2.45) is 0 Å². The van der Waals surface area contributed by atoms with E-state index in [1.165, 1.54) is 6.33 Å². The lowest BCUT2D eigenvalue weighted by molar-refractivity contribution is -0.197. The van der Waals surface area contributed by atoms with Crippen molar-refractivity contribution >= 4 is 17.0 Å². The minimum absolute atomic E-state index is 0.115. The van der Waals surface area contributed by atoms with Gasteiger partial charge in [-0.3, -0.25) is 4.57 Å². The number of aliphatic hydroxyl groups excluding tert-OH is 1. The van der Waals surface area contributed by atoms with E-state index >= 15 is 0 Å². The fraction of sp³-hybridized carbons (Fsp3) is 0.667. The highest BCUT2D eigenvalue weighted by molar-refractivity contribution is 5.81. The van der Waals surface area contributed by atoms with E-state index in [1.54, 1.807) is 6.33 Å². The maximum Gasteiger partial charge on any atom is 0.167 e. The first kappa shape index (κ1) is 15.7. The van der Waals surface area contributed by atoms with E-state index in [0.29, 0.717) is 29.8 Å². The van der Waals surface area contributed by atoms with Gasteiger partial charge < -0.3 is 25.1 Å². The van der Waals surface area contributed by atoms with E-state index in [0.717, 1.165) is 0 Å². The highest BCUT2D eigenvalue weighted by Gasteiger charge is 2.55. The molecule has 0 unspecified atom stereocenters. The zero-order valence-electron chi connectivity index (χ0n) is 13.6. The Kier molecular flexibility index (Phi) is 3.68. The third-order valence-corrected chi connectivity index (χ3v) is 4.43. The van der Waals surface area contributed by atoms with Gasteiger partial charge in [-0.2, -0.15) is 0 Å². The molecule has 0 aromatic carbocycles. The van der Waals surface area contributed by atoms with Gasteiger partial charge in [0.25, 0.3) is 0 Å². The summed E-state index contributed by atoms with van der Waals surface area (Å²) >= 11 is 0. The summed E-state index contributed by atoms with van der Waals surface area (Å²) < 4.78 is 20.1. The summed E-state index contributed by atoms with van der Waals surface area (Å²) in [6.45, 7) is 3.89. The van der Waals surface area contributed by atoms with Gasteiger partial charge in [-0.25, -0.2) is 15.0 Å². The SMILES string of the molecule is CC1(C)O[C@@H]2[C@H](O1)[C@@H](CCCO)O[C@H]2n1cnc2c(N)ncnc21. The monoisotopic (exact) mass is 335 g/mol. The molecule has 24 heavy (non-hydrogen) atoms.